The quantitative estimate of drug-likeness (QED) is 0.855. The van der Waals surface area contributed by atoms with Gasteiger partial charge in [0.1, 0.15) is 5.75 Å². The Morgan fingerprint density at radius 2 is 2.00 bits per heavy atom. The highest BCUT2D eigenvalue weighted by Gasteiger charge is 2.14. The SMILES string of the molecule is CCN1CCCC(NCCc2ccc(O)cc2)CC1. The van der Waals surface area contributed by atoms with Crippen molar-refractivity contribution in [1.29, 1.82) is 0 Å². The molecule has 2 rings (SSSR count). The molecule has 0 spiro atoms. The van der Waals surface area contributed by atoms with Gasteiger partial charge in [0, 0.05) is 6.04 Å². The van der Waals surface area contributed by atoms with Crippen molar-refractivity contribution in [3.8, 4) is 5.75 Å². The first-order valence-corrected chi connectivity index (χ1v) is 7.51. The van der Waals surface area contributed by atoms with Crippen LogP contribution in [-0.2, 0) is 6.42 Å². The smallest absolute Gasteiger partial charge is 0.115 e. The minimum absolute atomic E-state index is 0.347. The first-order valence-electron chi connectivity index (χ1n) is 7.51. The Balaban J connectivity index is 1.69. The fraction of sp³-hybridized carbons (Fsp3) is 0.625. The third-order valence-corrected chi connectivity index (χ3v) is 4.05. The Labute approximate surface area is 116 Å². The molecule has 3 nitrogen and oxygen atoms in total. The monoisotopic (exact) mass is 262 g/mol. The van der Waals surface area contributed by atoms with Crippen LogP contribution in [0.5, 0.6) is 5.75 Å². The van der Waals surface area contributed by atoms with Crippen LogP contribution in [-0.4, -0.2) is 42.2 Å². The van der Waals surface area contributed by atoms with Crippen molar-refractivity contribution in [2.24, 2.45) is 0 Å². The van der Waals surface area contributed by atoms with Gasteiger partial charge in [-0.25, -0.2) is 0 Å². The maximum absolute atomic E-state index is 9.25. The summed E-state index contributed by atoms with van der Waals surface area (Å²) in [4.78, 5) is 2.54. The van der Waals surface area contributed by atoms with Crippen LogP contribution >= 0.6 is 0 Å². The molecule has 0 aliphatic carbocycles. The zero-order valence-electron chi connectivity index (χ0n) is 11.9. The number of hydrogen-bond donors (Lipinski definition) is 2. The van der Waals surface area contributed by atoms with Crippen molar-refractivity contribution < 1.29 is 5.11 Å². The lowest BCUT2D eigenvalue weighted by atomic mass is 10.1. The molecule has 1 aromatic rings. The molecule has 2 N–H and O–H groups in total. The van der Waals surface area contributed by atoms with Crippen LogP contribution < -0.4 is 5.32 Å². The van der Waals surface area contributed by atoms with Gasteiger partial charge in [-0.15, -0.1) is 0 Å². The molecule has 1 aliphatic rings. The number of nitrogens with one attached hydrogen (secondary N) is 1. The van der Waals surface area contributed by atoms with E-state index in [1.54, 1.807) is 12.1 Å². The van der Waals surface area contributed by atoms with Crippen LogP contribution in [0, 0.1) is 0 Å². The third-order valence-electron chi connectivity index (χ3n) is 4.05. The fourth-order valence-corrected chi connectivity index (χ4v) is 2.76. The molecule has 106 valence electrons. The first-order chi connectivity index (χ1) is 9.28. The van der Waals surface area contributed by atoms with Crippen molar-refractivity contribution >= 4 is 0 Å². The Morgan fingerprint density at radius 1 is 1.21 bits per heavy atom. The van der Waals surface area contributed by atoms with Crippen LogP contribution in [0.4, 0.5) is 0 Å². The zero-order chi connectivity index (χ0) is 13.5. The normalized spacial score (nSPS) is 21.2. The first kappa shape index (κ1) is 14.4. The largest absolute Gasteiger partial charge is 0.508 e. The molecule has 1 unspecified atom stereocenters. The second-order valence-electron chi connectivity index (χ2n) is 5.43. The Hall–Kier alpha value is -1.06. The molecule has 1 fully saturated rings. The molecule has 0 radical (unpaired) electrons. The predicted molar refractivity (Wildman–Crippen MR) is 79.6 cm³/mol. The number of aromatic hydroxyl groups is 1. The molecule has 1 aromatic carbocycles. The minimum Gasteiger partial charge on any atom is -0.508 e. The molecule has 19 heavy (non-hydrogen) atoms. The second kappa shape index (κ2) is 7.51. The molecular formula is C16H26N2O. The summed E-state index contributed by atoms with van der Waals surface area (Å²) in [5.74, 6) is 0.347. The van der Waals surface area contributed by atoms with Gasteiger partial charge < -0.3 is 15.3 Å². The number of likely N-dealkylation sites (tertiary alicyclic amines) is 1. The molecule has 0 amide bonds. The average molecular weight is 262 g/mol. The van der Waals surface area contributed by atoms with Gasteiger partial charge >= 0.3 is 0 Å². The van der Waals surface area contributed by atoms with Gasteiger partial charge in [0.05, 0.1) is 0 Å². The van der Waals surface area contributed by atoms with Crippen molar-refractivity contribution in [1.82, 2.24) is 10.2 Å². The third kappa shape index (κ3) is 4.84. The molecule has 0 bridgehead atoms. The van der Waals surface area contributed by atoms with Crippen molar-refractivity contribution in [3.63, 3.8) is 0 Å². The summed E-state index contributed by atoms with van der Waals surface area (Å²) in [6, 6.07) is 8.21. The average Bonchev–Trinajstić information content (AvgIpc) is 2.66. The lowest BCUT2D eigenvalue weighted by Gasteiger charge is -2.18. The second-order valence-corrected chi connectivity index (χ2v) is 5.43. The summed E-state index contributed by atoms with van der Waals surface area (Å²) in [5.41, 5.74) is 1.29. The summed E-state index contributed by atoms with van der Waals surface area (Å²) in [7, 11) is 0. The van der Waals surface area contributed by atoms with E-state index in [2.05, 4.69) is 17.1 Å². The molecule has 1 heterocycles. The highest BCUT2D eigenvalue weighted by atomic mass is 16.3. The minimum atomic E-state index is 0.347. The number of rotatable bonds is 5. The number of nitrogens with zero attached hydrogens (tertiary/aromatic N) is 1. The van der Waals surface area contributed by atoms with Crippen LogP contribution in [0.15, 0.2) is 24.3 Å². The number of hydrogen-bond acceptors (Lipinski definition) is 3. The van der Waals surface area contributed by atoms with Crippen molar-refractivity contribution in [2.45, 2.75) is 38.6 Å². The van der Waals surface area contributed by atoms with Crippen LogP contribution in [0.3, 0.4) is 0 Å². The fourth-order valence-electron chi connectivity index (χ4n) is 2.76. The van der Waals surface area contributed by atoms with Gasteiger partial charge in [-0.1, -0.05) is 19.1 Å². The van der Waals surface area contributed by atoms with Crippen LogP contribution in [0.2, 0.25) is 0 Å². The van der Waals surface area contributed by atoms with E-state index in [0.717, 1.165) is 13.0 Å². The van der Waals surface area contributed by atoms with E-state index < -0.39 is 0 Å². The van der Waals surface area contributed by atoms with Gasteiger partial charge in [-0.2, -0.15) is 0 Å². The van der Waals surface area contributed by atoms with E-state index in [-0.39, 0.29) is 0 Å². The van der Waals surface area contributed by atoms with Gasteiger partial charge in [0.2, 0.25) is 0 Å². The van der Waals surface area contributed by atoms with Crippen LogP contribution in [0.1, 0.15) is 31.7 Å². The Bertz CT molecular complexity index is 364. The summed E-state index contributed by atoms with van der Waals surface area (Å²) >= 11 is 0. The highest BCUT2D eigenvalue weighted by molar-refractivity contribution is 5.25. The molecular weight excluding hydrogens is 236 g/mol. The van der Waals surface area contributed by atoms with E-state index >= 15 is 0 Å². The van der Waals surface area contributed by atoms with E-state index in [4.69, 9.17) is 0 Å². The topological polar surface area (TPSA) is 35.5 Å². The van der Waals surface area contributed by atoms with E-state index in [1.165, 1.54) is 44.5 Å². The molecule has 1 atom stereocenters. The molecule has 0 aromatic heterocycles. The molecule has 3 heteroatoms. The lowest BCUT2D eigenvalue weighted by Crippen LogP contribution is -2.32. The summed E-state index contributed by atoms with van der Waals surface area (Å²) in [5, 5.41) is 12.9. The van der Waals surface area contributed by atoms with Gasteiger partial charge in [0.25, 0.3) is 0 Å². The Morgan fingerprint density at radius 3 is 2.74 bits per heavy atom. The summed E-state index contributed by atoms with van der Waals surface area (Å²) in [6.07, 6.45) is 4.91. The number of phenols is 1. The Kier molecular flexibility index (Phi) is 5.67. The zero-order valence-corrected chi connectivity index (χ0v) is 11.9. The lowest BCUT2D eigenvalue weighted by molar-refractivity contribution is 0.297. The highest BCUT2D eigenvalue weighted by Crippen LogP contribution is 2.12. The van der Waals surface area contributed by atoms with Gasteiger partial charge in [0.15, 0.2) is 0 Å². The summed E-state index contributed by atoms with van der Waals surface area (Å²) in [6.45, 7) is 6.94. The standard InChI is InChI=1S/C16H26N2O/c1-2-18-12-3-4-15(10-13-18)17-11-9-14-5-7-16(19)8-6-14/h5-8,15,17,19H,2-4,9-13H2,1H3. The van der Waals surface area contributed by atoms with E-state index in [9.17, 15) is 5.11 Å². The van der Waals surface area contributed by atoms with Crippen molar-refractivity contribution in [2.75, 3.05) is 26.2 Å². The molecule has 1 saturated heterocycles. The number of benzene rings is 1. The molecule has 1 aliphatic heterocycles. The van der Waals surface area contributed by atoms with Crippen LogP contribution in [0.25, 0.3) is 0 Å². The summed E-state index contributed by atoms with van der Waals surface area (Å²) < 4.78 is 0. The van der Waals surface area contributed by atoms with Crippen molar-refractivity contribution in [3.05, 3.63) is 29.8 Å². The number of phenolic OH excluding ortho intramolecular Hbond substituents is 1. The van der Waals surface area contributed by atoms with Gasteiger partial charge in [-0.3, -0.25) is 0 Å². The maximum Gasteiger partial charge on any atom is 0.115 e. The molecule has 0 saturated carbocycles. The predicted octanol–water partition coefficient (Wildman–Crippen LogP) is 2.40. The maximum atomic E-state index is 9.25. The van der Waals surface area contributed by atoms with Gasteiger partial charge in [-0.05, 0) is 69.6 Å². The van der Waals surface area contributed by atoms with E-state index in [0.29, 0.717) is 11.8 Å². The van der Waals surface area contributed by atoms with E-state index in [1.807, 2.05) is 12.1 Å².